The molecule has 0 amide bonds. The van der Waals surface area contributed by atoms with Crippen LogP contribution in [-0.2, 0) is 0 Å². The molecule has 1 aliphatic heterocycles. The summed E-state index contributed by atoms with van der Waals surface area (Å²) in [5.74, 6) is -0.258. The van der Waals surface area contributed by atoms with E-state index in [-0.39, 0.29) is 36.7 Å². The van der Waals surface area contributed by atoms with E-state index < -0.39 is 0 Å². The van der Waals surface area contributed by atoms with Crippen LogP contribution < -0.4 is 5.32 Å². The fraction of sp³-hybridized carbons (Fsp3) is 0.571. The number of hydrogen-bond donors (Lipinski definition) is 1. The second-order valence-corrected chi connectivity index (χ2v) is 5.63. The highest BCUT2D eigenvalue weighted by atomic mass is 35.5. The van der Waals surface area contributed by atoms with Crippen molar-refractivity contribution in [3.8, 4) is 0 Å². The van der Waals surface area contributed by atoms with Gasteiger partial charge < -0.3 is 5.32 Å². The Morgan fingerprint density at radius 2 is 1.86 bits per heavy atom. The first kappa shape index (κ1) is 21.2. The average Bonchev–Trinajstić information content (AvgIpc) is 2.43. The highest BCUT2D eigenvalue weighted by Gasteiger charge is 2.26. The van der Waals surface area contributed by atoms with Crippen LogP contribution in [0.3, 0.4) is 0 Å². The third-order valence-corrected chi connectivity index (χ3v) is 4.39. The Hall–Kier alpha value is 0.230. The summed E-state index contributed by atoms with van der Waals surface area (Å²) in [7, 11) is 0. The molecule has 2 nitrogen and oxygen atoms in total. The lowest BCUT2D eigenvalue weighted by atomic mass is 9.99. The lowest BCUT2D eigenvalue weighted by molar-refractivity contribution is 0.161. The summed E-state index contributed by atoms with van der Waals surface area (Å²) in [4.78, 5) is 2.29. The van der Waals surface area contributed by atoms with Gasteiger partial charge >= 0.3 is 0 Å². The van der Waals surface area contributed by atoms with E-state index in [1.807, 2.05) is 0 Å². The Morgan fingerprint density at radius 1 is 1.24 bits per heavy atom. The van der Waals surface area contributed by atoms with Gasteiger partial charge in [-0.15, -0.1) is 24.8 Å². The normalized spacial score (nSPS) is 16.8. The van der Waals surface area contributed by atoms with Crippen LogP contribution in [0.2, 0.25) is 10.0 Å². The van der Waals surface area contributed by atoms with Crippen molar-refractivity contribution < 1.29 is 4.39 Å². The first-order chi connectivity index (χ1) is 9.15. The maximum Gasteiger partial charge on any atom is 0.129 e. The van der Waals surface area contributed by atoms with Gasteiger partial charge in [0.15, 0.2) is 0 Å². The summed E-state index contributed by atoms with van der Waals surface area (Å²) in [6.45, 7) is 5.78. The molecule has 1 aromatic rings. The molecule has 2 rings (SSSR count). The molecule has 122 valence electrons. The van der Waals surface area contributed by atoms with Crippen molar-refractivity contribution in [1.29, 1.82) is 0 Å². The van der Waals surface area contributed by atoms with Crippen molar-refractivity contribution in [3.63, 3.8) is 0 Å². The summed E-state index contributed by atoms with van der Waals surface area (Å²) in [6, 6.07) is 2.94. The van der Waals surface area contributed by atoms with Gasteiger partial charge in [0, 0.05) is 37.8 Å². The number of benzene rings is 1. The number of rotatable bonds is 4. The molecule has 1 fully saturated rings. The van der Waals surface area contributed by atoms with Crippen LogP contribution in [0, 0.1) is 5.82 Å². The Balaban J connectivity index is 0.00000200. The topological polar surface area (TPSA) is 15.3 Å². The summed E-state index contributed by atoms with van der Waals surface area (Å²) < 4.78 is 14.2. The van der Waals surface area contributed by atoms with Crippen molar-refractivity contribution in [2.75, 3.05) is 26.2 Å². The van der Waals surface area contributed by atoms with E-state index in [1.54, 1.807) is 0 Å². The lowest BCUT2D eigenvalue weighted by Crippen LogP contribution is -2.45. The van der Waals surface area contributed by atoms with E-state index in [2.05, 4.69) is 17.1 Å². The minimum absolute atomic E-state index is 0. The molecule has 0 spiro atoms. The van der Waals surface area contributed by atoms with E-state index in [0.29, 0.717) is 15.6 Å². The number of hydrogen-bond acceptors (Lipinski definition) is 2. The van der Waals surface area contributed by atoms with Crippen LogP contribution in [0.25, 0.3) is 0 Å². The van der Waals surface area contributed by atoms with Crippen LogP contribution in [0.1, 0.15) is 31.4 Å². The van der Waals surface area contributed by atoms with Crippen LogP contribution in [0.5, 0.6) is 0 Å². The lowest BCUT2D eigenvalue weighted by Gasteiger charge is -2.35. The Morgan fingerprint density at radius 3 is 2.43 bits per heavy atom. The minimum Gasteiger partial charge on any atom is -0.314 e. The Labute approximate surface area is 148 Å². The number of halogens is 5. The summed E-state index contributed by atoms with van der Waals surface area (Å²) in [5.41, 5.74) is 0.554. The van der Waals surface area contributed by atoms with Gasteiger partial charge in [0.2, 0.25) is 0 Å². The van der Waals surface area contributed by atoms with E-state index in [0.717, 1.165) is 39.0 Å². The predicted molar refractivity (Wildman–Crippen MR) is 93.0 cm³/mol. The summed E-state index contributed by atoms with van der Waals surface area (Å²) in [6.07, 6.45) is 1.87. The molecule has 0 bridgehead atoms. The van der Waals surface area contributed by atoms with Crippen LogP contribution in [-0.4, -0.2) is 31.1 Å². The molecule has 1 aliphatic rings. The summed E-state index contributed by atoms with van der Waals surface area (Å²) >= 11 is 12.3. The van der Waals surface area contributed by atoms with Gasteiger partial charge in [0.05, 0.1) is 10.0 Å². The van der Waals surface area contributed by atoms with E-state index in [1.165, 1.54) is 12.1 Å². The number of nitrogens with zero attached hydrogens (tertiary/aromatic N) is 1. The molecule has 1 aromatic carbocycles. The maximum atomic E-state index is 14.2. The fourth-order valence-corrected chi connectivity index (χ4v) is 3.07. The monoisotopic (exact) mass is 376 g/mol. The van der Waals surface area contributed by atoms with Gasteiger partial charge in [-0.3, -0.25) is 4.90 Å². The predicted octanol–water partition coefficient (Wildman–Crippen LogP) is 4.72. The van der Waals surface area contributed by atoms with Crippen molar-refractivity contribution in [3.05, 3.63) is 33.6 Å². The third kappa shape index (κ3) is 5.12. The molecule has 1 heterocycles. The molecule has 0 aromatic heterocycles. The molecule has 1 saturated heterocycles. The molecule has 0 radical (unpaired) electrons. The molecule has 0 unspecified atom stereocenters. The smallest absolute Gasteiger partial charge is 0.129 e. The molecule has 7 heteroatoms. The molecular formula is C14H21Cl4FN2. The first-order valence-corrected chi connectivity index (χ1v) is 7.49. The summed E-state index contributed by atoms with van der Waals surface area (Å²) in [5, 5.41) is 4.09. The van der Waals surface area contributed by atoms with Crippen LogP contribution >= 0.6 is 48.0 Å². The number of nitrogens with one attached hydrogen (secondary N) is 1. The molecule has 0 aliphatic carbocycles. The van der Waals surface area contributed by atoms with E-state index in [9.17, 15) is 4.39 Å². The van der Waals surface area contributed by atoms with Crippen molar-refractivity contribution in [2.24, 2.45) is 0 Å². The quantitative estimate of drug-likeness (QED) is 0.763. The second-order valence-electron chi connectivity index (χ2n) is 4.85. The zero-order valence-electron chi connectivity index (χ0n) is 11.9. The van der Waals surface area contributed by atoms with E-state index >= 15 is 0 Å². The second kappa shape index (κ2) is 10.1. The van der Waals surface area contributed by atoms with Gasteiger partial charge in [-0.1, -0.05) is 36.5 Å². The average molecular weight is 378 g/mol. The van der Waals surface area contributed by atoms with Gasteiger partial charge in [-0.25, -0.2) is 4.39 Å². The highest BCUT2D eigenvalue weighted by molar-refractivity contribution is 6.42. The van der Waals surface area contributed by atoms with Crippen LogP contribution in [0.4, 0.5) is 4.39 Å². The fourth-order valence-electron chi connectivity index (χ4n) is 2.62. The molecular weight excluding hydrogens is 357 g/mol. The van der Waals surface area contributed by atoms with Gasteiger partial charge in [-0.05, 0) is 18.6 Å². The Bertz CT molecular complexity index is 439. The van der Waals surface area contributed by atoms with Crippen molar-refractivity contribution >= 4 is 48.0 Å². The number of piperazine rings is 1. The Kier molecular flexibility index (Phi) is 10.2. The van der Waals surface area contributed by atoms with E-state index in [4.69, 9.17) is 23.2 Å². The van der Waals surface area contributed by atoms with Crippen molar-refractivity contribution in [1.82, 2.24) is 10.2 Å². The molecule has 1 atom stereocenters. The largest absolute Gasteiger partial charge is 0.314 e. The highest BCUT2D eigenvalue weighted by Crippen LogP contribution is 2.37. The van der Waals surface area contributed by atoms with Crippen molar-refractivity contribution in [2.45, 2.75) is 25.8 Å². The van der Waals surface area contributed by atoms with Crippen LogP contribution in [0.15, 0.2) is 12.1 Å². The minimum atomic E-state index is -0.258. The van der Waals surface area contributed by atoms with Gasteiger partial charge in [-0.2, -0.15) is 0 Å². The molecule has 0 saturated carbocycles. The first-order valence-electron chi connectivity index (χ1n) is 6.73. The van der Waals surface area contributed by atoms with Gasteiger partial charge in [0.25, 0.3) is 0 Å². The molecule has 21 heavy (non-hydrogen) atoms. The molecule has 1 N–H and O–H groups in total. The third-order valence-electron chi connectivity index (χ3n) is 3.57. The zero-order chi connectivity index (χ0) is 13.8. The van der Waals surface area contributed by atoms with Gasteiger partial charge in [0.1, 0.15) is 5.82 Å². The maximum absolute atomic E-state index is 14.2. The zero-order valence-corrected chi connectivity index (χ0v) is 15.0. The standard InChI is InChI=1S/C14H19Cl2FN2.2ClH/c1-2-3-12(19-8-6-18-7-9-19)13-11(17)5-4-10(15)14(13)16;;/h4-5,12,18H,2-3,6-9H2,1H3;2*1H/t12-;;/m1../s1. The SMILES string of the molecule is CCC[C@H](c1c(F)ccc(Cl)c1Cl)N1CCNCC1.Cl.Cl.